The van der Waals surface area contributed by atoms with Crippen LogP contribution < -0.4 is 15.5 Å². The highest BCUT2D eigenvalue weighted by molar-refractivity contribution is 7.89. The number of halogens is 1. The van der Waals surface area contributed by atoms with Gasteiger partial charge in [0.15, 0.2) is 5.82 Å². The summed E-state index contributed by atoms with van der Waals surface area (Å²) in [7, 11) is -1.95. The number of sulfonamides is 1. The summed E-state index contributed by atoms with van der Waals surface area (Å²) in [6.07, 6.45) is 6.25. The number of carbonyl (C=O) groups excluding carboxylic acids is 2. The topological polar surface area (TPSA) is 169 Å². The fraction of sp³-hybridized carbons (Fsp3) is 0.421. The van der Waals surface area contributed by atoms with Gasteiger partial charge in [0.2, 0.25) is 21.9 Å². The third kappa shape index (κ3) is 7.63. The SMILES string of the molecule is Cn1nc(N2CCC(=O)NC2=O)c2ccc(C3CCN(C(C)(C)C#Cc4cc(S(=O)(=O)N5CCC(Nc6ncc(Cl)cn6)CC5)ccc4C#N)CC3)cc21. The van der Waals surface area contributed by atoms with Crippen molar-refractivity contribution in [3.63, 3.8) is 0 Å². The molecule has 0 atom stereocenters. The number of nitriles is 1. The molecule has 2 aromatic carbocycles. The molecule has 14 nitrogen and oxygen atoms in total. The zero-order chi connectivity index (χ0) is 38.2. The Bertz CT molecular complexity index is 2310. The minimum atomic E-state index is -3.81. The minimum absolute atomic E-state index is 0.0236. The minimum Gasteiger partial charge on any atom is -0.351 e. The number of fused-ring (bicyclic) bond motifs is 1. The fourth-order valence-electron chi connectivity index (χ4n) is 7.39. The molecule has 280 valence electrons. The summed E-state index contributed by atoms with van der Waals surface area (Å²) >= 11 is 5.88. The average Bonchev–Trinajstić information content (AvgIpc) is 3.50. The van der Waals surface area contributed by atoms with Crippen LogP contribution in [0, 0.1) is 23.2 Å². The summed E-state index contributed by atoms with van der Waals surface area (Å²) in [4.78, 5) is 36.5. The van der Waals surface area contributed by atoms with Crippen molar-refractivity contribution in [1.29, 1.82) is 5.26 Å². The molecule has 0 spiro atoms. The van der Waals surface area contributed by atoms with E-state index < -0.39 is 21.6 Å². The van der Waals surface area contributed by atoms with Crippen LogP contribution in [0.25, 0.3) is 10.9 Å². The van der Waals surface area contributed by atoms with E-state index in [9.17, 15) is 23.3 Å². The predicted molar refractivity (Wildman–Crippen MR) is 204 cm³/mol. The van der Waals surface area contributed by atoms with Crippen LogP contribution in [0.4, 0.5) is 16.6 Å². The lowest BCUT2D eigenvalue weighted by molar-refractivity contribution is -0.120. The molecule has 3 saturated heterocycles. The van der Waals surface area contributed by atoms with Gasteiger partial charge in [0.05, 0.1) is 38.9 Å². The quantitative estimate of drug-likeness (QED) is 0.253. The predicted octanol–water partition coefficient (Wildman–Crippen LogP) is 4.61. The maximum atomic E-state index is 13.7. The molecule has 0 bridgehead atoms. The molecule has 16 heteroatoms. The van der Waals surface area contributed by atoms with E-state index in [0.29, 0.717) is 66.3 Å². The first kappa shape index (κ1) is 37.3. The van der Waals surface area contributed by atoms with Crippen molar-refractivity contribution < 1.29 is 18.0 Å². The van der Waals surface area contributed by atoms with Crippen molar-refractivity contribution >= 4 is 56.2 Å². The Hall–Kier alpha value is -5.06. The molecule has 0 unspecified atom stereocenters. The molecule has 0 aliphatic carbocycles. The van der Waals surface area contributed by atoms with Gasteiger partial charge in [-0.3, -0.25) is 24.6 Å². The number of amides is 3. The molecule has 2 aromatic heterocycles. The van der Waals surface area contributed by atoms with Gasteiger partial charge < -0.3 is 5.32 Å². The highest BCUT2D eigenvalue weighted by Crippen LogP contribution is 2.35. The van der Waals surface area contributed by atoms with Gasteiger partial charge in [-0.15, -0.1) is 0 Å². The van der Waals surface area contributed by atoms with E-state index in [-0.39, 0.29) is 23.3 Å². The molecule has 3 aliphatic rings. The molecule has 0 saturated carbocycles. The lowest BCUT2D eigenvalue weighted by Crippen LogP contribution is -2.49. The third-order valence-corrected chi connectivity index (χ3v) is 12.7. The second-order valence-electron chi connectivity index (χ2n) is 14.4. The van der Waals surface area contributed by atoms with Crippen LogP contribution in [0.1, 0.15) is 68.6 Å². The summed E-state index contributed by atoms with van der Waals surface area (Å²) in [5.74, 6) is 7.56. The Morgan fingerprint density at radius 2 is 1.69 bits per heavy atom. The van der Waals surface area contributed by atoms with Crippen LogP contribution in [-0.4, -0.2) is 93.6 Å². The highest BCUT2D eigenvalue weighted by Gasteiger charge is 2.33. The monoisotopic (exact) mass is 768 g/mol. The molecule has 2 N–H and O–H groups in total. The summed E-state index contributed by atoms with van der Waals surface area (Å²) in [6, 6.07) is 12.5. The standard InChI is InChI=1S/C38H41ClN10O4S/c1-38(2,47-15-9-25(10-16-47)26-5-7-32-33(21-26)46(3)45-35(32)49-19-13-34(50)44-37(49)51)14-8-27-20-31(6-4-28(27)22-40)54(52,53)48-17-11-30(12-18-48)43-36-41-23-29(39)24-42-36/h4-7,20-21,23-25,30H,9-13,15-19H2,1-3H3,(H,41,42,43)(H,44,50,51). The Labute approximate surface area is 319 Å². The van der Waals surface area contributed by atoms with E-state index in [0.717, 1.165) is 36.8 Å². The first-order valence-electron chi connectivity index (χ1n) is 18.0. The first-order valence-corrected chi connectivity index (χ1v) is 19.8. The molecule has 4 aromatic rings. The Morgan fingerprint density at radius 1 is 0.963 bits per heavy atom. The van der Waals surface area contributed by atoms with E-state index in [1.807, 2.05) is 27.0 Å². The van der Waals surface area contributed by atoms with Crippen molar-refractivity contribution in [2.75, 3.05) is 42.9 Å². The van der Waals surface area contributed by atoms with Gasteiger partial charge in [-0.1, -0.05) is 29.5 Å². The Kier molecular flexibility index (Phi) is 10.3. The molecule has 54 heavy (non-hydrogen) atoms. The lowest BCUT2D eigenvalue weighted by atomic mass is 9.87. The number of aryl methyl sites for hydroxylation is 1. The number of nitrogens with one attached hydrogen (secondary N) is 2. The molecule has 3 fully saturated rings. The molecular formula is C38H41ClN10O4S. The number of carbonyl (C=O) groups is 2. The maximum Gasteiger partial charge on any atom is 0.329 e. The van der Waals surface area contributed by atoms with Gasteiger partial charge in [0, 0.05) is 63.2 Å². The van der Waals surface area contributed by atoms with Crippen molar-refractivity contribution in [2.24, 2.45) is 7.05 Å². The zero-order valence-corrected chi connectivity index (χ0v) is 31.9. The summed E-state index contributed by atoms with van der Waals surface area (Å²) < 4.78 is 30.7. The van der Waals surface area contributed by atoms with E-state index in [1.165, 1.54) is 45.4 Å². The third-order valence-electron chi connectivity index (χ3n) is 10.6. The van der Waals surface area contributed by atoms with Gasteiger partial charge in [-0.05, 0) is 81.3 Å². The number of anilines is 2. The van der Waals surface area contributed by atoms with Crippen molar-refractivity contribution in [2.45, 2.75) is 68.3 Å². The highest BCUT2D eigenvalue weighted by atomic mass is 35.5. The molecular weight excluding hydrogens is 728 g/mol. The smallest absolute Gasteiger partial charge is 0.329 e. The Morgan fingerprint density at radius 3 is 2.37 bits per heavy atom. The van der Waals surface area contributed by atoms with Gasteiger partial charge in [-0.25, -0.2) is 23.2 Å². The van der Waals surface area contributed by atoms with E-state index in [2.05, 4.69) is 60.6 Å². The first-order chi connectivity index (χ1) is 25.8. The van der Waals surface area contributed by atoms with Crippen molar-refractivity contribution in [1.82, 2.24) is 34.3 Å². The number of hydrogen-bond donors (Lipinski definition) is 2. The van der Waals surface area contributed by atoms with E-state index >= 15 is 0 Å². The lowest BCUT2D eigenvalue weighted by Gasteiger charge is -2.40. The van der Waals surface area contributed by atoms with Crippen molar-refractivity contribution in [3.8, 4) is 17.9 Å². The van der Waals surface area contributed by atoms with Crippen LogP contribution in [-0.2, 0) is 21.9 Å². The normalized spacial score (nSPS) is 18.2. The number of benzene rings is 2. The summed E-state index contributed by atoms with van der Waals surface area (Å²) in [6.45, 7) is 6.65. The zero-order valence-electron chi connectivity index (χ0n) is 30.3. The number of aromatic nitrogens is 4. The fourth-order valence-corrected chi connectivity index (χ4v) is 8.98. The summed E-state index contributed by atoms with van der Waals surface area (Å²) in [5, 5.41) is 21.4. The number of imide groups is 1. The molecule has 3 amide bonds. The summed E-state index contributed by atoms with van der Waals surface area (Å²) in [5.41, 5.74) is 2.29. The van der Waals surface area contributed by atoms with Gasteiger partial charge >= 0.3 is 6.03 Å². The van der Waals surface area contributed by atoms with Crippen LogP contribution in [0.5, 0.6) is 0 Å². The number of nitrogens with zero attached hydrogens (tertiary/aromatic N) is 8. The maximum absolute atomic E-state index is 13.7. The largest absolute Gasteiger partial charge is 0.351 e. The van der Waals surface area contributed by atoms with Crippen LogP contribution in [0.15, 0.2) is 53.7 Å². The number of likely N-dealkylation sites (tertiary alicyclic amines) is 1. The number of urea groups is 1. The molecule has 7 rings (SSSR count). The van der Waals surface area contributed by atoms with Crippen molar-refractivity contribution in [3.05, 3.63) is 70.5 Å². The number of rotatable bonds is 7. The van der Waals surface area contributed by atoms with Crippen LogP contribution in [0.2, 0.25) is 5.02 Å². The van der Waals surface area contributed by atoms with Gasteiger partial charge in [-0.2, -0.15) is 14.7 Å². The molecule has 0 radical (unpaired) electrons. The van der Waals surface area contributed by atoms with Gasteiger partial charge in [0.1, 0.15) is 6.07 Å². The van der Waals surface area contributed by atoms with Crippen LogP contribution >= 0.6 is 11.6 Å². The van der Waals surface area contributed by atoms with Crippen LogP contribution in [0.3, 0.4) is 0 Å². The van der Waals surface area contributed by atoms with Gasteiger partial charge in [0.25, 0.3) is 0 Å². The molecule has 5 heterocycles. The van der Waals surface area contributed by atoms with E-state index in [1.54, 1.807) is 4.68 Å². The average molecular weight is 769 g/mol. The second kappa shape index (κ2) is 15.0. The number of hydrogen-bond acceptors (Lipinski definition) is 10. The number of piperidine rings is 2. The molecule has 3 aliphatic heterocycles. The van der Waals surface area contributed by atoms with E-state index in [4.69, 9.17) is 11.6 Å². The Balaban J connectivity index is 1.000. The second-order valence-corrected chi connectivity index (χ2v) is 16.8.